The van der Waals surface area contributed by atoms with Crippen molar-refractivity contribution in [1.29, 1.82) is 5.26 Å². The summed E-state index contributed by atoms with van der Waals surface area (Å²) in [6, 6.07) is 7.57. The van der Waals surface area contributed by atoms with Crippen molar-refractivity contribution in [2.75, 3.05) is 18.4 Å². The lowest BCUT2D eigenvalue weighted by atomic mass is 10.1. The quantitative estimate of drug-likeness (QED) is 0.682. The highest BCUT2D eigenvalue weighted by Crippen LogP contribution is 2.30. The third kappa shape index (κ3) is 3.79. The van der Waals surface area contributed by atoms with Crippen LogP contribution < -0.4 is 10.6 Å². The van der Waals surface area contributed by atoms with E-state index in [0.29, 0.717) is 22.5 Å². The van der Waals surface area contributed by atoms with Gasteiger partial charge in [-0.3, -0.25) is 4.57 Å². The smallest absolute Gasteiger partial charge is 0.210 e. The first-order chi connectivity index (χ1) is 13.5. The SMILES string of the molecule is CC(C)Cc1ncc2nc(Nc3cc(Cl)cc(C#N)c3)n(C3CCNC3)c2n1. The Kier molecular flexibility index (Phi) is 5.16. The largest absolute Gasteiger partial charge is 0.325 e. The maximum atomic E-state index is 9.21. The van der Waals surface area contributed by atoms with E-state index in [0.717, 1.165) is 48.6 Å². The number of anilines is 2. The molecule has 144 valence electrons. The molecule has 0 spiro atoms. The zero-order chi connectivity index (χ0) is 19.7. The summed E-state index contributed by atoms with van der Waals surface area (Å²) in [5.74, 6) is 2.00. The van der Waals surface area contributed by atoms with Crippen molar-refractivity contribution in [1.82, 2.24) is 24.8 Å². The van der Waals surface area contributed by atoms with Crippen LogP contribution in [-0.2, 0) is 6.42 Å². The first kappa shape index (κ1) is 18.7. The summed E-state index contributed by atoms with van der Waals surface area (Å²) in [7, 11) is 0. The number of aromatic nitrogens is 4. The molecule has 1 aromatic carbocycles. The van der Waals surface area contributed by atoms with Crippen LogP contribution in [0.5, 0.6) is 0 Å². The molecule has 0 radical (unpaired) electrons. The van der Waals surface area contributed by atoms with Gasteiger partial charge in [0.1, 0.15) is 11.3 Å². The van der Waals surface area contributed by atoms with E-state index in [1.165, 1.54) is 0 Å². The van der Waals surface area contributed by atoms with E-state index < -0.39 is 0 Å². The molecule has 4 rings (SSSR count). The predicted octanol–water partition coefficient (Wildman–Crippen LogP) is 3.83. The highest BCUT2D eigenvalue weighted by molar-refractivity contribution is 6.31. The van der Waals surface area contributed by atoms with Gasteiger partial charge >= 0.3 is 0 Å². The van der Waals surface area contributed by atoms with Gasteiger partial charge < -0.3 is 10.6 Å². The minimum atomic E-state index is 0.254. The van der Waals surface area contributed by atoms with Crippen LogP contribution in [0.3, 0.4) is 0 Å². The van der Waals surface area contributed by atoms with E-state index >= 15 is 0 Å². The predicted molar refractivity (Wildman–Crippen MR) is 110 cm³/mol. The minimum absolute atomic E-state index is 0.254. The Hall–Kier alpha value is -2.69. The molecule has 3 aromatic rings. The molecule has 0 bridgehead atoms. The van der Waals surface area contributed by atoms with E-state index in [4.69, 9.17) is 21.6 Å². The normalized spacial score (nSPS) is 16.6. The van der Waals surface area contributed by atoms with Crippen LogP contribution in [0.1, 0.15) is 37.7 Å². The van der Waals surface area contributed by atoms with Crippen molar-refractivity contribution in [3.63, 3.8) is 0 Å². The van der Waals surface area contributed by atoms with Crippen LogP contribution in [-0.4, -0.2) is 32.6 Å². The Morgan fingerprint density at radius 3 is 2.93 bits per heavy atom. The molecule has 0 amide bonds. The van der Waals surface area contributed by atoms with Gasteiger partial charge in [0.2, 0.25) is 5.95 Å². The summed E-state index contributed by atoms with van der Waals surface area (Å²) in [6.07, 6.45) is 3.62. The average Bonchev–Trinajstić information content (AvgIpc) is 3.27. The second-order valence-electron chi connectivity index (χ2n) is 7.51. The summed E-state index contributed by atoms with van der Waals surface area (Å²) in [5, 5.41) is 16.5. The second kappa shape index (κ2) is 7.74. The standard InChI is InChI=1S/C20H22ClN7/c1-12(2)5-18-24-11-17-19(27-18)28(16-3-4-23-10-16)20(26-17)25-15-7-13(9-22)6-14(21)8-15/h6-8,11-12,16,23H,3-5,10H2,1-2H3,(H,25,26). The third-order valence-electron chi connectivity index (χ3n) is 4.76. The zero-order valence-corrected chi connectivity index (χ0v) is 16.7. The number of halogens is 1. The number of nitrogens with zero attached hydrogens (tertiary/aromatic N) is 5. The fourth-order valence-corrected chi connectivity index (χ4v) is 3.77. The Balaban J connectivity index is 1.79. The zero-order valence-electron chi connectivity index (χ0n) is 15.9. The number of nitrogens with one attached hydrogen (secondary N) is 2. The van der Waals surface area contributed by atoms with Gasteiger partial charge in [-0.05, 0) is 37.1 Å². The monoisotopic (exact) mass is 395 g/mol. The summed E-state index contributed by atoms with van der Waals surface area (Å²) in [5.41, 5.74) is 2.81. The van der Waals surface area contributed by atoms with Gasteiger partial charge in [0.05, 0.1) is 23.9 Å². The molecule has 28 heavy (non-hydrogen) atoms. The first-order valence-electron chi connectivity index (χ1n) is 9.46. The molecule has 1 aliphatic heterocycles. The molecule has 1 aliphatic rings. The van der Waals surface area contributed by atoms with Crippen molar-refractivity contribution < 1.29 is 0 Å². The van der Waals surface area contributed by atoms with Crippen molar-refractivity contribution in [2.45, 2.75) is 32.7 Å². The number of rotatable bonds is 5. The molecule has 0 aliphatic carbocycles. The minimum Gasteiger partial charge on any atom is -0.325 e. The molecule has 1 atom stereocenters. The molecule has 3 heterocycles. The summed E-state index contributed by atoms with van der Waals surface area (Å²) in [4.78, 5) is 14.0. The molecule has 2 aromatic heterocycles. The molecular weight excluding hydrogens is 374 g/mol. The maximum Gasteiger partial charge on any atom is 0.210 e. The highest BCUT2D eigenvalue weighted by Gasteiger charge is 2.24. The molecule has 8 heteroatoms. The van der Waals surface area contributed by atoms with Gasteiger partial charge in [-0.25, -0.2) is 15.0 Å². The lowest BCUT2D eigenvalue weighted by Gasteiger charge is -2.16. The van der Waals surface area contributed by atoms with Crippen molar-refractivity contribution >= 4 is 34.4 Å². The molecule has 1 unspecified atom stereocenters. The Labute approximate surface area is 168 Å². The van der Waals surface area contributed by atoms with Gasteiger partial charge in [0.25, 0.3) is 0 Å². The summed E-state index contributed by atoms with van der Waals surface area (Å²) < 4.78 is 2.15. The number of benzene rings is 1. The Morgan fingerprint density at radius 2 is 2.21 bits per heavy atom. The molecule has 0 saturated carbocycles. The van der Waals surface area contributed by atoms with Crippen molar-refractivity contribution in [2.24, 2.45) is 5.92 Å². The first-order valence-corrected chi connectivity index (χ1v) is 9.83. The van der Waals surface area contributed by atoms with E-state index in [2.05, 4.69) is 40.1 Å². The fourth-order valence-electron chi connectivity index (χ4n) is 3.54. The number of nitriles is 1. The van der Waals surface area contributed by atoms with Crippen LogP contribution in [0.4, 0.5) is 11.6 Å². The molecule has 1 saturated heterocycles. The number of hydrogen-bond donors (Lipinski definition) is 2. The lowest BCUT2D eigenvalue weighted by molar-refractivity contribution is 0.562. The summed E-state index contributed by atoms with van der Waals surface area (Å²) >= 11 is 6.16. The maximum absolute atomic E-state index is 9.21. The van der Waals surface area contributed by atoms with Crippen LogP contribution in [0.2, 0.25) is 5.02 Å². The fraction of sp³-hybridized carbons (Fsp3) is 0.400. The van der Waals surface area contributed by atoms with E-state index in [1.54, 1.807) is 24.4 Å². The Morgan fingerprint density at radius 1 is 1.36 bits per heavy atom. The Bertz CT molecular complexity index is 1040. The second-order valence-corrected chi connectivity index (χ2v) is 7.95. The molecule has 1 fully saturated rings. The van der Waals surface area contributed by atoms with Crippen LogP contribution >= 0.6 is 11.6 Å². The highest BCUT2D eigenvalue weighted by atomic mass is 35.5. The molecular formula is C20H22ClN7. The van der Waals surface area contributed by atoms with Gasteiger partial charge in [0.15, 0.2) is 5.65 Å². The van der Waals surface area contributed by atoms with E-state index in [9.17, 15) is 5.26 Å². The topological polar surface area (TPSA) is 91.5 Å². The van der Waals surface area contributed by atoms with E-state index in [-0.39, 0.29) is 6.04 Å². The number of fused-ring (bicyclic) bond motifs is 1. The van der Waals surface area contributed by atoms with Crippen molar-refractivity contribution in [3.05, 3.63) is 40.8 Å². The van der Waals surface area contributed by atoms with Crippen LogP contribution in [0.25, 0.3) is 11.2 Å². The van der Waals surface area contributed by atoms with E-state index in [1.807, 2.05) is 0 Å². The van der Waals surface area contributed by atoms with Gasteiger partial charge in [0, 0.05) is 23.7 Å². The van der Waals surface area contributed by atoms with Gasteiger partial charge in [-0.2, -0.15) is 5.26 Å². The molecule has 2 N–H and O–H groups in total. The van der Waals surface area contributed by atoms with Crippen LogP contribution in [0.15, 0.2) is 24.4 Å². The molecule has 7 nitrogen and oxygen atoms in total. The number of imidazole rings is 1. The van der Waals surface area contributed by atoms with Crippen molar-refractivity contribution in [3.8, 4) is 6.07 Å². The van der Waals surface area contributed by atoms with Gasteiger partial charge in [-0.1, -0.05) is 25.4 Å². The third-order valence-corrected chi connectivity index (χ3v) is 4.97. The number of hydrogen-bond acceptors (Lipinski definition) is 6. The van der Waals surface area contributed by atoms with Gasteiger partial charge in [-0.15, -0.1) is 0 Å². The summed E-state index contributed by atoms with van der Waals surface area (Å²) in [6.45, 7) is 6.14. The van der Waals surface area contributed by atoms with Crippen LogP contribution in [0, 0.1) is 17.2 Å². The average molecular weight is 396 g/mol. The lowest BCUT2D eigenvalue weighted by Crippen LogP contribution is -2.16.